The molecular weight excluding hydrogens is 204 g/mol. The van der Waals surface area contributed by atoms with Crippen molar-refractivity contribution in [1.82, 2.24) is 0 Å². The molecule has 0 heterocycles. The molecule has 0 aromatic carbocycles. The summed E-state index contributed by atoms with van der Waals surface area (Å²) in [5.41, 5.74) is 0. The van der Waals surface area contributed by atoms with Gasteiger partial charge in [-0.25, -0.2) is 0 Å². The highest BCUT2D eigenvalue weighted by atomic mass is 16.7. The van der Waals surface area contributed by atoms with Gasteiger partial charge in [-0.2, -0.15) is 0 Å². The highest BCUT2D eigenvalue weighted by Gasteiger charge is 2.06. The first-order chi connectivity index (χ1) is 7.62. The molecule has 0 rings (SSSR count). The van der Waals surface area contributed by atoms with E-state index in [-0.39, 0.29) is 12.3 Å². The lowest BCUT2D eigenvalue weighted by Gasteiger charge is -2.13. The van der Waals surface area contributed by atoms with Crippen LogP contribution in [0.5, 0.6) is 0 Å². The molecule has 90 valence electrons. The van der Waals surface area contributed by atoms with Crippen LogP contribution in [0.3, 0.4) is 0 Å². The molecule has 0 saturated carbocycles. The van der Waals surface area contributed by atoms with Crippen molar-refractivity contribution in [1.29, 1.82) is 0 Å². The average molecular weight is 224 g/mol. The first-order valence-corrected chi connectivity index (χ1v) is 5.28. The van der Waals surface area contributed by atoms with Crippen LogP contribution in [0, 0.1) is 24.7 Å². The van der Waals surface area contributed by atoms with Gasteiger partial charge in [0.2, 0.25) is 6.29 Å². The number of unbranched alkanes of at least 4 members (excludes halogenated alkanes) is 1. The van der Waals surface area contributed by atoms with Gasteiger partial charge in [0.15, 0.2) is 0 Å². The van der Waals surface area contributed by atoms with E-state index in [0.29, 0.717) is 25.9 Å². The zero-order chi connectivity index (χ0) is 12.8. The fourth-order valence-electron chi connectivity index (χ4n) is 0.751. The van der Waals surface area contributed by atoms with E-state index < -0.39 is 0 Å². The van der Waals surface area contributed by atoms with Gasteiger partial charge >= 0.3 is 5.97 Å². The Morgan fingerprint density at radius 3 is 2.00 bits per heavy atom. The summed E-state index contributed by atoms with van der Waals surface area (Å²) >= 11 is 0. The summed E-state index contributed by atoms with van der Waals surface area (Å²) in [7, 11) is 0. The molecule has 3 nitrogen and oxygen atoms in total. The number of carbonyl (C=O) groups is 1. The Kier molecular flexibility index (Phi) is 14.4. The van der Waals surface area contributed by atoms with E-state index in [9.17, 15) is 4.79 Å². The minimum Gasteiger partial charge on any atom is -0.436 e. The summed E-state index contributed by atoms with van der Waals surface area (Å²) in [6.07, 6.45) is 11.5. The highest BCUT2D eigenvalue weighted by molar-refractivity contribution is 5.66. The van der Waals surface area contributed by atoms with Crippen LogP contribution in [0.15, 0.2) is 0 Å². The van der Waals surface area contributed by atoms with Gasteiger partial charge in [-0.3, -0.25) is 4.79 Å². The smallest absolute Gasteiger partial charge is 0.304 e. The molecule has 0 aliphatic rings. The summed E-state index contributed by atoms with van der Waals surface area (Å²) in [4.78, 5) is 10.4. The number of terminal acetylenes is 2. The summed E-state index contributed by atoms with van der Waals surface area (Å²) in [5, 5.41) is 0. The Bertz CT molecular complexity index is 231. The van der Waals surface area contributed by atoms with E-state index >= 15 is 0 Å². The van der Waals surface area contributed by atoms with Gasteiger partial charge in [0, 0.05) is 32.8 Å². The van der Waals surface area contributed by atoms with Crippen LogP contribution in [-0.4, -0.2) is 18.9 Å². The molecule has 0 bridgehead atoms. The summed E-state index contributed by atoms with van der Waals surface area (Å²) in [5.74, 6) is 4.56. The van der Waals surface area contributed by atoms with Crippen LogP contribution < -0.4 is 0 Å². The number of esters is 1. The van der Waals surface area contributed by atoms with E-state index in [4.69, 9.17) is 22.3 Å². The second-order valence-corrected chi connectivity index (χ2v) is 2.81. The molecule has 0 aromatic rings. The lowest BCUT2D eigenvalue weighted by Crippen LogP contribution is -2.18. The Morgan fingerprint density at radius 1 is 1.25 bits per heavy atom. The maximum absolute atomic E-state index is 10.4. The minimum atomic E-state index is -0.359. The Balaban J connectivity index is 0. The second-order valence-electron chi connectivity index (χ2n) is 2.81. The Labute approximate surface area is 98.5 Å². The van der Waals surface area contributed by atoms with Gasteiger partial charge in [-0.05, 0) is 6.92 Å². The predicted molar refractivity (Wildman–Crippen MR) is 64.4 cm³/mol. The van der Waals surface area contributed by atoms with Gasteiger partial charge in [-0.15, -0.1) is 24.7 Å². The number of hydrogen-bond donors (Lipinski definition) is 0. The molecule has 0 saturated heterocycles. The largest absolute Gasteiger partial charge is 0.436 e. The van der Waals surface area contributed by atoms with Crippen molar-refractivity contribution in [3.8, 4) is 24.7 Å². The van der Waals surface area contributed by atoms with Crippen LogP contribution >= 0.6 is 0 Å². The number of ether oxygens (including phenoxy) is 2. The topological polar surface area (TPSA) is 35.5 Å². The Morgan fingerprint density at radius 2 is 1.75 bits per heavy atom. The lowest BCUT2D eigenvalue weighted by atomic mass is 10.3. The molecule has 16 heavy (non-hydrogen) atoms. The summed E-state index contributed by atoms with van der Waals surface area (Å²) in [6.45, 7) is 5.73. The molecule has 0 amide bonds. The van der Waals surface area contributed by atoms with Gasteiger partial charge in [-0.1, -0.05) is 6.92 Å². The van der Waals surface area contributed by atoms with Crippen molar-refractivity contribution < 1.29 is 14.3 Å². The zero-order valence-electron chi connectivity index (χ0n) is 10.3. The molecule has 1 unspecified atom stereocenters. The molecular formula is C13H20O3. The third-order valence-corrected chi connectivity index (χ3v) is 1.40. The molecule has 0 aliphatic heterocycles. The SMILES string of the molecule is C#CCCC#C.CCOC(CC)OC(C)=O. The predicted octanol–water partition coefficient (Wildman–Crippen LogP) is 2.36. The molecule has 3 heteroatoms. The van der Waals surface area contributed by atoms with Crippen molar-refractivity contribution >= 4 is 5.97 Å². The maximum Gasteiger partial charge on any atom is 0.304 e. The average Bonchev–Trinajstić information content (AvgIpc) is 2.26. The van der Waals surface area contributed by atoms with Crippen molar-refractivity contribution in [2.45, 2.75) is 46.3 Å². The summed E-state index contributed by atoms with van der Waals surface area (Å²) in [6, 6.07) is 0. The standard InChI is InChI=1S/C7H14O3.C6H6/c1-4-7(9-5-2)10-6(3)8;1-3-5-6-4-2/h7H,4-5H2,1-3H3;1-2H,5-6H2. The van der Waals surface area contributed by atoms with Crippen LogP contribution in [0.25, 0.3) is 0 Å². The monoisotopic (exact) mass is 224 g/mol. The first kappa shape index (κ1) is 17.0. The van der Waals surface area contributed by atoms with Gasteiger partial charge in [0.05, 0.1) is 0 Å². The Hall–Kier alpha value is -1.45. The van der Waals surface area contributed by atoms with E-state index in [2.05, 4.69) is 11.8 Å². The molecule has 0 radical (unpaired) electrons. The molecule has 1 atom stereocenters. The van der Waals surface area contributed by atoms with Crippen molar-refractivity contribution in [3.05, 3.63) is 0 Å². The molecule has 0 spiro atoms. The molecule has 0 fully saturated rings. The third-order valence-electron chi connectivity index (χ3n) is 1.40. The van der Waals surface area contributed by atoms with Crippen molar-refractivity contribution in [3.63, 3.8) is 0 Å². The second kappa shape index (κ2) is 13.5. The third kappa shape index (κ3) is 15.0. The fourth-order valence-corrected chi connectivity index (χ4v) is 0.751. The zero-order valence-corrected chi connectivity index (χ0v) is 10.3. The van der Waals surface area contributed by atoms with Gasteiger partial charge in [0.25, 0.3) is 0 Å². The van der Waals surface area contributed by atoms with Crippen molar-refractivity contribution in [2.75, 3.05) is 6.61 Å². The first-order valence-electron chi connectivity index (χ1n) is 5.28. The van der Waals surface area contributed by atoms with Crippen LogP contribution in [0.4, 0.5) is 0 Å². The van der Waals surface area contributed by atoms with Crippen LogP contribution in [0.2, 0.25) is 0 Å². The highest BCUT2D eigenvalue weighted by Crippen LogP contribution is 1.99. The van der Waals surface area contributed by atoms with Crippen LogP contribution in [0.1, 0.15) is 40.0 Å². The summed E-state index contributed by atoms with van der Waals surface area (Å²) < 4.78 is 9.84. The molecule has 0 aliphatic carbocycles. The van der Waals surface area contributed by atoms with E-state index in [1.807, 2.05) is 13.8 Å². The van der Waals surface area contributed by atoms with Crippen molar-refractivity contribution in [2.24, 2.45) is 0 Å². The maximum atomic E-state index is 10.4. The van der Waals surface area contributed by atoms with E-state index in [1.165, 1.54) is 6.92 Å². The lowest BCUT2D eigenvalue weighted by molar-refractivity contribution is -0.175. The van der Waals surface area contributed by atoms with Gasteiger partial charge in [0.1, 0.15) is 0 Å². The quantitative estimate of drug-likeness (QED) is 0.311. The van der Waals surface area contributed by atoms with E-state index in [0.717, 1.165) is 0 Å². The fraction of sp³-hybridized carbons (Fsp3) is 0.615. The number of rotatable bonds is 5. The van der Waals surface area contributed by atoms with Gasteiger partial charge < -0.3 is 9.47 Å². The van der Waals surface area contributed by atoms with E-state index in [1.54, 1.807) is 0 Å². The molecule has 0 aromatic heterocycles. The number of carbonyl (C=O) groups excluding carboxylic acids is 1. The number of hydrogen-bond acceptors (Lipinski definition) is 3. The normalized spacial score (nSPS) is 10.1. The molecule has 0 N–H and O–H groups in total. The van der Waals surface area contributed by atoms with Crippen LogP contribution in [-0.2, 0) is 14.3 Å². The minimum absolute atomic E-state index is 0.291.